The Labute approximate surface area is 98.8 Å². The van der Waals surface area contributed by atoms with Gasteiger partial charge < -0.3 is 14.3 Å². The van der Waals surface area contributed by atoms with Gasteiger partial charge in [0.1, 0.15) is 22.5 Å². The van der Waals surface area contributed by atoms with E-state index in [4.69, 9.17) is 14.3 Å². The molecular formula is C13H14O4. The molecule has 0 radical (unpaired) electrons. The molecule has 0 unspecified atom stereocenters. The van der Waals surface area contributed by atoms with Gasteiger partial charge in [0.2, 0.25) is 0 Å². The molecule has 0 atom stereocenters. The smallest absolute Gasteiger partial charge is 0.316 e. The van der Waals surface area contributed by atoms with Gasteiger partial charge in [-0.15, -0.1) is 0 Å². The third-order valence-electron chi connectivity index (χ3n) is 2.89. The normalized spacial score (nSPS) is 11.7. The number of furan rings is 1. The first-order valence-corrected chi connectivity index (χ1v) is 5.27. The largest absolute Gasteiger partial charge is 0.496 e. The molecule has 1 aromatic carbocycles. The molecule has 0 aliphatic carbocycles. The Kier molecular flexibility index (Phi) is 2.58. The van der Waals surface area contributed by atoms with E-state index in [9.17, 15) is 4.79 Å². The van der Waals surface area contributed by atoms with Gasteiger partial charge in [-0.1, -0.05) is 6.07 Å². The summed E-state index contributed by atoms with van der Waals surface area (Å²) in [7, 11) is 1.57. The Hall–Kier alpha value is -1.97. The predicted octanol–water partition coefficient (Wildman–Crippen LogP) is 2.80. The molecule has 1 N–H and O–H groups in total. The van der Waals surface area contributed by atoms with E-state index in [-0.39, 0.29) is 0 Å². The number of methoxy groups -OCH3 is 1. The van der Waals surface area contributed by atoms with E-state index in [1.807, 2.05) is 12.1 Å². The molecule has 4 heteroatoms. The highest BCUT2D eigenvalue weighted by molar-refractivity contribution is 5.87. The van der Waals surface area contributed by atoms with Crippen molar-refractivity contribution in [1.82, 2.24) is 0 Å². The molecule has 90 valence electrons. The maximum atomic E-state index is 11.2. The molecule has 0 saturated heterocycles. The maximum absolute atomic E-state index is 11.2. The molecule has 0 aliphatic heterocycles. The lowest BCUT2D eigenvalue weighted by Crippen LogP contribution is -2.27. The third kappa shape index (κ3) is 1.75. The van der Waals surface area contributed by atoms with Crippen LogP contribution in [0.2, 0.25) is 0 Å². The monoisotopic (exact) mass is 234 g/mol. The molecule has 0 fully saturated rings. The van der Waals surface area contributed by atoms with E-state index in [1.54, 1.807) is 33.1 Å². The number of hydrogen-bond acceptors (Lipinski definition) is 3. The van der Waals surface area contributed by atoms with E-state index in [0.29, 0.717) is 17.1 Å². The first-order chi connectivity index (χ1) is 7.96. The summed E-state index contributed by atoms with van der Waals surface area (Å²) >= 11 is 0. The summed E-state index contributed by atoms with van der Waals surface area (Å²) in [5.74, 6) is 0.179. The van der Waals surface area contributed by atoms with Crippen molar-refractivity contribution in [2.24, 2.45) is 0 Å². The van der Waals surface area contributed by atoms with E-state index in [0.717, 1.165) is 5.39 Å². The summed E-state index contributed by atoms with van der Waals surface area (Å²) in [6, 6.07) is 7.14. The van der Waals surface area contributed by atoms with Crippen LogP contribution >= 0.6 is 0 Å². The van der Waals surface area contributed by atoms with Gasteiger partial charge in [0.05, 0.1) is 12.5 Å². The van der Waals surface area contributed by atoms with Crippen LogP contribution in [0.1, 0.15) is 19.6 Å². The zero-order valence-electron chi connectivity index (χ0n) is 9.98. The van der Waals surface area contributed by atoms with Crippen LogP contribution in [0.25, 0.3) is 11.0 Å². The SMILES string of the molecule is COc1cccc2oc(C(C)(C)C(=O)O)cc12. The topological polar surface area (TPSA) is 59.7 Å². The van der Waals surface area contributed by atoms with Gasteiger partial charge in [0.25, 0.3) is 0 Å². The molecule has 2 aromatic rings. The van der Waals surface area contributed by atoms with Crippen LogP contribution in [0.15, 0.2) is 28.7 Å². The minimum absolute atomic E-state index is 0.421. The molecule has 0 amide bonds. The zero-order chi connectivity index (χ0) is 12.6. The van der Waals surface area contributed by atoms with Crippen molar-refractivity contribution in [3.05, 3.63) is 30.0 Å². The Morgan fingerprint density at radius 3 is 2.71 bits per heavy atom. The molecule has 1 aromatic heterocycles. The lowest BCUT2D eigenvalue weighted by atomic mass is 9.90. The van der Waals surface area contributed by atoms with E-state index >= 15 is 0 Å². The fraction of sp³-hybridized carbons (Fsp3) is 0.308. The summed E-state index contributed by atoms with van der Waals surface area (Å²) in [4.78, 5) is 11.2. The first-order valence-electron chi connectivity index (χ1n) is 5.27. The highest BCUT2D eigenvalue weighted by atomic mass is 16.5. The zero-order valence-corrected chi connectivity index (χ0v) is 9.98. The summed E-state index contributed by atoms with van der Waals surface area (Å²) in [5.41, 5.74) is -0.419. The van der Waals surface area contributed by atoms with Gasteiger partial charge >= 0.3 is 5.97 Å². The second-order valence-corrected chi connectivity index (χ2v) is 4.41. The van der Waals surface area contributed by atoms with Crippen molar-refractivity contribution >= 4 is 16.9 Å². The van der Waals surface area contributed by atoms with Crippen LogP contribution in [0.4, 0.5) is 0 Å². The van der Waals surface area contributed by atoms with Gasteiger partial charge in [-0.05, 0) is 32.0 Å². The number of ether oxygens (including phenoxy) is 1. The Balaban J connectivity index is 2.63. The van der Waals surface area contributed by atoms with Crippen molar-refractivity contribution in [2.45, 2.75) is 19.3 Å². The van der Waals surface area contributed by atoms with Gasteiger partial charge in [0.15, 0.2) is 0 Å². The van der Waals surface area contributed by atoms with Crippen LogP contribution < -0.4 is 4.74 Å². The second-order valence-electron chi connectivity index (χ2n) is 4.41. The van der Waals surface area contributed by atoms with Crippen LogP contribution in [0.3, 0.4) is 0 Å². The van der Waals surface area contributed by atoms with E-state index < -0.39 is 11.4 Å². The predicted molar refractivity (Wildman–Crippen MR) is 63.4 cm³/mol. The summed E-state index contributed by atoms with van der Waals surface area (Å²) < 4.78 is 10.8. The van der Waals surface area contributed by atoms with Gasteiger partial charge in [-0.3, -0.25) is 4.79 Å². The molecule has 1 heterocycles. The number of aliphatic carboxylic acids is 1. The van der Waals surface area contributed by atoms with Crippen molar-refractivity contribution in [3.63, 3.8) is 0 Å². The van der Waals surface area contributed by atoms with Crippen molar-refractivity contribution in [1.29, 1.82) is 0 Å². The fourth-order valence-corrected chi connectivity index (χ4v) is 1.63. The standard InChI is InChI=1S/C13H14O4/c1-13(2,12(14)15)11-7-8-9(16-3)5-4-6-10(8)17-11/h4-7H,1-3H3,(H,14,15). The Morgan fingerprint density at radius 1 is 1.41 bits per heavy atom. The minimum atomic E-state index is -1.05. The summed E-state index contributed by atoms with van der Waals surface area (Å²) in [5, 5.41) is 9.95. The van der Waals surface area contributed by atoms with Crippen molar-refractivity contribution in [3.8, 4) is 5.75 Å². The van der Waals surface area contributed by atoms with Crippen LogP contribution in [0, 0.1) is 0 Å². The number of carboxylic acids is 1. The van der Waals surface area contributed by atoms with Crippen LogP contribution in [0.5, 0.6) is 5.75 Å². The molecule has 0 aliphatic rings. The van der Waals surface area contributed by atoms with E-state index in [1.165, 1.54) is 0 Å². The molecule has 0 saturated carbocycles. The Morgan fingerprint density at radius 2 is 2.12 bits per heavy atom. The lowest BCUT2D eigenvalue weighted by molar-refractivity contribution is -0.143. The van der Waals surface area contributed by atoms with Crippen molar-refractivity contribution in [2.75, 3.05) is 7.11 Å². The van der Waals surface area contributed by atoms with Crippen molar-refractivity contribution < 1.29 is 19.1 Å². The quantitative estimate of drug-likeness (QED) is 0.887. The van der Waals surface area contributed by atoms with Crippen LogP contribution in [-0.2, 0) is 10.2 Å². The number of benzene rings is 1. The molecule has 0 spiro atoms. The average molecular weight is 234 g/mol. The van der Waals surface area contributed by atoms with E-state index in [2.05, 4.69) is 0 Å². The molecule has 2 rings (SSSR count). The maximum Gasteiger partial charge on any atom is 0.316 e. The minimum Gasteiger partial charge on any atom is -0.496 e. The number of carboxylic acid groups (broad SMARTS) is 1. The Bertz CT molecular complexity index is 566. The second kappa shape index (κ2) is 3.80. The summed E-state index contributed by atoms with van der Waals surface area (Å²) in [6.07, 6.45) is 0. The van der Waals surface area contributed by atoms with Gasteiger partial charge in [-0.25, -0.2) is 0 Å². The first kappa shape index (κ1) is 11.5. The van der Waals surface area contributed by atoms with Gasteiger partial charge in [0, 0.05) is 0 Å². The highest BCUT2D eigenvalue weighted by Crippen LogP contribution is 2.34. The van der Waals surface area contributed by atoms with Gasteiger partial charge in [-0.2, -0.15) is 0 Å². The summed E-state index contributed by atoms with van der Waals surface area (Å²) in [6.45, 7) is 3.22. The number of fused-ring (bicyclic) bond motifs is 1. The highest BCUT2D eigenvalue weighted by Gasteiger charge is 2.33. The third-order valence-corrected chi connectivity index (χ3v) is 2.89. The molecule has 4 nitrogen and oxygen atoms in total. The fourth-order valence-electron chi connectivity index (χ4n) is 1.63. The molecule has 17 heavy (non-hydrogen) atoms. The average Bonchev–Trinajstić information content (AvgIpc) is 2.72. The number of carbonyl (C=O) groups is 1. The number of rotatable bonds is 3. The molecule has 0 bridgehead atoms. The number of hydrogen-bond donors (Lipinski definition) is 1. The molecular weight excluding hydrogens is 220 g/mol. The van der Waals surface area contributed by atoms with Crippen LogP contribution in [-0.4, -0.2) is 18.2 Å². The lowest BCUT2D eigenvalue weighted by Gasteiger charge is -2.15.